The highest BCUT2D eigenvalue weighted by molar-refractivity contribution is 5.31. The Kier molecular flexibility index (Phi) is 4.34. The van der Waals surface area contributed by atoms with E-state index in [1.54, 1.807) is 11.1 Å². The second-order valence-electron chi connectivity index (χ2n) is 8.47. The van der Waals surface area contributed by atoms with Crippen LogP contribution in [0.4, 0.5) is 0 Å². The summed E-state index contributed by atoms with van der Waals surface area (Å²) in [4.78, 5) is 2.79. The van der Waals surface area contributed by atoms with Gasteiger partial charge in [-0.3, -0.25) is 4.90 Å². The van der Waals surface area contributed by atoms with E-state index in [-0.39, 0.29) is 0 Å². The Balaban J connectivity index is 1.54. The van der Waals surface area contributed by atoms with Gasteiger partial charge in [-0.1, -0.05) is 60.7 Å². The molecule has 6 rings (SSSR count). The number of ether oxygens (including phenoxy) is 1. The van der Waals surface area contributed by atoms with Crippen LogP contribution in [0.3, 0.4) is 0 Å². The molecular weight excluding hydrogens is 318 g/mol. The van der Waals surface area contributed by atoms with Crippen molar-refractivity contribution in [1.29, 1.82) is 0 Å². The predicted molar refractivity (Wildman–Crippen MR) is 105 cm³/mol. The van der Waals surface area contributed by atoms with Crippen LogP contribution in [-0.2, 0) is 4.74 Å². The normalized spacial score (nSPS) is 34.7. The summed E-state index contributed by atoms with van der Waals surface area (Å²) in [6, 6.07) is 22.6. The minimum Gasteiger partial charge on any atom is -0.379 e. The van der Waals surface area contributed by atoms with Crippen LogP contribution in [-0.4, -0.2) is 36.7 Å². The molecule has 2 aromatic carbocycles. The molecule has 136 valence electrons. The van der Waals surface area contributed by atoms with Crippen molar-refractivity contribution in [2.45, 2.75) is 43.1 Å². The van der Waals surface area contributed by atoms with Crippen LogP contribution in [0.5, 0.6) is 0 Å². The van der Waals surface area contributed by atoms with E-state index in [2.05, 4.69) is 65.6 Å². The van der Waals surface area contributed by atoms with Gasteiger partial charge in [0.05, 0.1) is 13.2 Å². The van der Waals surface area contributed by atoms with E-state index in [0.717, 1.165) is 32.2 Å². The minimum atomic E-state index is 0.361. The van der Waals surface area contributed by atoms with Gasteiger partial charge < -0.3 is 4.74 Å². The summed E-state index contributed by atoms with van der Waals surface area (Å²) in [6.07, 6.45) is 5.37. The first kappa shape index (κ1) is 16.5. The largest absolute Gasteiger partial charge is 0.379 e. The third kappa shape index (κ3) is 2.80. The molecule has 0 N–H and O–H groups in total. The summed E-state index contributed by atoms with van der Waals surface area (Å²) in [7, 11) is 0. The van der Waals surface area contributed by atoms with E-state index < -0.39 is 0 Å². The second-order valence-corrected chi connectivity index (χ2v) is 8.47. The molecule has 2 heteroatoms. The molecule has 0 amide bonds. The van der Waals surface area contributed by atoms with Crippen LogP contribution in [0.25, 0.3) is 0 Å². The van der Waals surface area contributed by atoms with Gasteiger partial charge in [0.1, 0.15) is 0 Å². The van der Waals surface area contributed by atoms with Crippen LogP contribution >= 0.6 is 0 Å². The Hall–Kier alpha value is -1.64. The maximum atomic E-state index is 5.67. The second kappa shape index (κ2) is 6.83. The summed E-state index contributed by atoms with van der Waals surface area (Å²) in [5.74, 6) is 2.15. The predicted octanol–water partition coefficient (Wildman–Crippen LogP) is 4.83. The molecule has 0 radical (unpaired) electrons. The van der Waals surface area contributed by atoms with E-state index in [4.69, 9.17) is 4.74 Å². The van der Waals surface area contributed by atoms with Crippen molar-refractivity contribution in [2.75, 3.05) is 26.3 Å². The molecule has 0 aromatic heterocycles. The van der Waals surface area contributed by atoms with Gasteiger partial charge in [-0.25, -0.2) is 0 Å². The highest BCUT2D eigenvalue weighted by Crippen LogP contribution is 2.59. The number of morpholine rings is 1. The van der Waals surface area contributed by atoms with E-state index in [1.807, 2.05) is 0 Å². The van der Waals surface area contributed by atoms with Crippen LogP contribution in [0.2, 0.25) is 0 Å². The summed E-state index contributed by atoms with van der Waals surface area (Å²) in [5, 5.41) is 0. The Morgan fingerprint density at radius 2 is 1.31 bits per heavy atom. The van der Waals surface area contributed by atoms with E-state index >= 15 is 0 Å². The van der Waals surface area contributed by atoms with Gasteiger partial charge in [0.25, 0.3) is 0 Å². The van der Waals surface area contributed by atoms with E-state index in [9.17, 15) is 0 Å². The number of rotatable bonds is 3. The monoisotopic (exact) mass is 347 g/mol. The van der Waals surface area contributed by atoms with Crippen molar-refractivity contribution in [3.63, 3.8) is 0 Å². The van der Waals surface area contributed by atoms with Gasteiger partial charge in [0.15, 0.2) is 0 Å². The summed E-state index contributed by atoms with van der Waals surface area (Å²) < 4.78 is 5.67. The van der Waals surface area contributed by atoms with Gasteiger partial charge in [-0.2, -0.15) is 0 Å². The third-order valence-electron chi connectivity index (χ3n) is 7.31. The van der Waals surface area contributed by atoms with Crippen molar-refractivity contribution >= 4 is 0 Å². The lowest BCUT2D eigenvalue weighted by molar-refractivity contribution is -0.0810. The average molecular weight is 348 g/mol. The van der Waals surface area contributed by atoms with Crippen molar-refractivity contribution in [2.24, 2.45) is 5.92 Å². The SMILES string of the molecule is c1ccc([C@@H]2CC3(N4CCOCC4)CCC2[C@H](c2ccccc2)C3)cc1. The molecule has 2 nitrogen and oxygen atoms in total. The number of hydrogen-bond acceptors (Lipinski definition) is 2. The summed E-state index contributed by atoms with van der Waals surface area (Å²) >= 11 is 0. The Morgan fingerprint density at radius 1 is 0.769 bits per heavy atom. The maximum Gasteiger partial charge on any atom is 0.0594 e. The molecule has 3 aliphatic carbocycles. The van der Waals surface area contributed by atoms with Gasteiger partial charge in [0, 0.05) is 18.6 Å². The zero-order chi connectivity index (χ0) is 17.4. The molecule has 1 heterocycles. The molecule has 4 aliphatic rings. The van der Waals surface area contributed by atoms with Crippen molar-refractivity contribution in [1.82, 2.24) is 4.90 Å². The molecular formula is C24H29NO. The van der Waals surface area contributed by atoms with Crippen molar-refractivity contribution in [3.8, 4) is 0 Å². The lowest BCUT2D eigenvalue weighted by Crippen LogP contribution is -2.60. The van der Waals surface area contributed by atoms with Gasteiger partial charge >= 0.3 is 0 Å². The van der Waals surface area contributed by atoms with Crippen LogP contribution in [0.15, 0.2) is 60.7 Å². The highest BCUT2D eigenvalue weighted by atomic mass is 16.5. The smallest absolute Gasteiger partial charge is 0.0594 e. The zero-order valence-electron chi connectivity index (χ0n) is 15.5. The first-order valence-electron chi connectivity index (χ1n) is 10.3. The standard InChI is InChI=1S/C24H29NO/c1-3-7-19(8-4-1)22-17-24(25-13-15-26-16-14-25)12-11-21(22)23(18-24)20-9-5-2-6-10-20/h1-10,21-23H,11-18H2/t21?,22-,23-,24?/m0/s1. The lowest BCUT2D eigenvalue weighted by atomic mass is 9.53. The number of hydrogen-bond donors (Lipinski definition) is 0. The first-order valence-corrected chi connectivity index (χ1v) is 10.3. The summed E-state index contributed by atoms with van der Waals surface area (Å²) in [6.45, 7) is 4.01. The lowest BCUT2D eigenvalue weighted by Gasteiger charge is -2.60. The molecule has 0 unspecified atom stereocenters. The zero-order valence-corrected chi connectivity index (χ0v) is 15.5. The Labute approximate surface area is 157 Å². The quantitative estimate of drug-likeness (QED) is 0.788. The fraction of sp³-hybridized carbons (Fsp3) is 0.500. The molecule has 0 spiro atoms. The number of benzene rings is 2. The maximum absolute atomic E-state index is 5.67. The van der Waals surface area contributed by atoms with E-state index in [0.29, 0.717) is 17.4 Å². The number of nitrogens with zero attached hydrogens (tertiary/aromatic N) is 1. The first-order chi connectivity index (χ1) is 12.9. The van der Waals surface area contributed by atoms with Gasteiger partial charge in [-0.15, -0.1) is 0 Å². The average Bonchev–Trinajstić information content (AvgIpc) is 2.76. The third-order valence-corrected chi connectivity index (χ3v) is 7.31. The molecule has 3 saturated carbocycles. The minimum absolute atomic E-state index is 0.361. The molecule has 1 aliphatic heterocycles. The van der Waals surface area contributed by atoms with Crippen LogP contribution < -0.4 is 0 Å². The fourth-order valence-corrected chi connectivity index (χ4v) is 6.11. The fourth-order valence-electron chi connectivity index (χ4n) is 6.11. The van der Waals surface area contributed by atoms with Crippen LogP contribution in [0, 0.1) is 5.92 Å². The van der Waals surface area contributed by atoms with Crippen molar-refractivity contribution in [3.05, 3.63) is 71.8 Å². The van der Waals surface area contributed by atoms with Gasteiger partial charge in [-0.05, 0) is 54.6 Å². The Bertz CT molecular complexity index is 673. The molecule has 2 aromatic rings. The summed E-state index contributed by atoms with van der Waals surface area (Å²) in [5.41, 5.74) is 3.46. The van der Waals surface area contributed by atoms with Gasteiger partial charge in [0.2, 0.25) is 0 Å². The highest BCUT2D eigenvalue weighted by Gasteiger charge is 2.53. The number of fused-ring (bicyclic) bond motifs is 3. The van der Waals surface area contributed by atoms with Crippen LogP contribution in [0.1, 0.15) is 48.6 Å². The topological polar surface area (TPSA) is 12.5 Å². The molecule has 4 fully saturated rings. The molecule has 26 heavy (non-hydrogen) atoms. The van der Waals surface area contributed by atoms with E-state index in [1.165, 1.54) is 25.7 Å². The van der Waals surface area contributed by atoms with Crippen molar-refractivity contribution < 1.29 is 4.74 Å². The Morgan fingerprint density at radius 3 is 1.85 bits per heavy atom. The molecule has 2 bridgehead atoms. The molecule has 1 saturated heterocycles. The molecule has 2 atom stereocenters.